The van der Waals surface area contributed by atoms with Crippen LogP contribution in [0.25, 0.3) is 33.2 Å². The molecule has 0 fully saturated rings. The molecular weight excluding hydrogens is 500 g/mol. The van der Waals surface area contributed by atoms with Crippen LogP contribution in [0.1, 0.15) is 12.6 Å². The fourth-order valence-electron chi connectivity index (χ4n) is 4.09. The summed E-state index contributed by atoms with van der Waals surface area (Å²) >= 11 is 0. The van der Waals surface area contributed by atoms with E-state index < -0.39 is 21.7 Å². The van der Waals surface area contributed by atoms with Crippen LogP contribution in [0.5, 0.6) is 5.75 Å². The predicted octanol–water partition coefficient (Wildman–Crippen LogP) is 6.21. The Hall–Kier alpha value is -4.31. The molecule has 0 unspecified atom stereocenters. The molecule has 37 heavy (non-hydrogen) atoms. The molecule has 3 aromatic carbocycles. The molecule has 0 aliphatic heterocycles. The maximum atomic E-state index is 15.3. The first kappa shape index (κ1) is 24.4. The van der Waals surface area contributed by atoms with Gasteiger partial charge in [0.05, 0.1) is 17.7 Å². The Bertz CT molecular complexity index is 1720. The average Bonchev–Trinajstić information content (AvgIpc) is 3.39. The molecule has 0 radical (unpaired) electrons. The SMILES string of the molecule is CCc1cc2cc(S(=O)(=O)Nc3ccon3)ccc2c(-c2cc(F)c(-c3cccc(F)c3)cc2OC)n1. The van der Waals surface area contributed by atoms with Crippen molar-refractivity contribution in [3.05, 3.63) is 90.3 Å². The normalized spacial score (nSPS) is 11.6. The summed E-state index contributed by atoms with van der Waals surface area (Å²) in [7, 11) is -2.48. The number of fused-ring (bicyclic) bond motifs is 1. The lowest BCUT2D eigenvalue weighted by Gasteiger charge is -2.15. The van der Waals surface area contributed by atoms with Gasteiger partial charge in [0.25, 0.3) is 10.0 Å². The lowest BCUT2D eigenvalue weighted by molar-refractivity contribution is 0.415. The third kappa shape index (κ3) is 4.75. The summed E-state index contributed by atoms with van der Waals surface area (Å²) < 4.78 is 67.5. The maximum absolute atomic E-state index is 15.3. The molecule has 0 bridgehead atoms. The van der Waals surface area contributed by atoms with Crippen molar-refractivity contribution in [2.75, 3.05) is 11.8 Å². The lowest BCUT2D eigenvalue weighted by atomic mass is 9.97. The molecule has 0 atom stereocenters. The van der Waals surface area contributed by atoms with Gasteiger partial charge in [0.1, 0.15) is 23.6 Å². The van der Waals surface area contributed by atoms with Gasteiger partial charge in [-0.1, -0.05) is 30.3 Å². The Morgan fingerprint density at radius 2 is 1.84 bits per heavy atom. The van der Waals surface area contributed by atoms with E-state index in [0.29, 0.717) is 45.5 Å². The van der Waals surface area contributed by atoms with Crippen LogP contribution >= 0.6 is 0 Å². The van der Waals surface area contributed by atoms with Gasteiger partial charge < -0.3 is 9.26 Å². The number of hydrogen-bond donors (Lipinski definition) is 1. The third-order valence-electron chi connectivity index (χ3n) is 5.88. The molecule has 1 N–H and O–H groups in total. The third-order valence-corrected chi connectivity index (χ3v) is 7.24. The highest BCUT2D eigenvalue weighted by Crippen LogP contribution is 2.39. The highest BCUT2D eigenvalue weighted by atomic mass is 32.2. The Labute approximate surface area is 211 Å². The van der Waals surface area contributed by atoms with Gasteiger partial charge in [-0.25, -0.2) is 17.2 Å². The minimum Gasteiger partial charge on any atom is -0.496 e. The van der Waals surface area contributed by atoms with E-state index in [-0.39, 0.29) is 16.3 Å². The summed E-state index contributed by atoms with van der Waals surface area (Å²) in [5, 5.41) is 4.79. The smallest absolute Gasteiger partial charge is 0.263 e. The molecule has 0 amide bonds. The second-order valence-corrected chi connectivity index (χ2v) is 9.91. The van der Waals surface area contributed by atoms with Gasteiger partial charge >= 0.3 is 0 Å². The van der Waals surface area contributed by atoms with Crippen LogP contribution in [0.4, 0.5) is 14.6 Å². The molecule has 2 aromatic heterocycles. The molecule has 5 rings (SSSR count). The summed E-state index contributed by atoms with van der Waals surface area (Å²) in [4.78, 5) is 4.73. The fourth-order valence-corrected chi connectivity index (χ4v) is 5.12. The summed E-state index contributed by atoms with van der Waals surface area (Å²) in [5.41, 5.74) is 2.06. The number of aromatic nitrogens is 2. The molecule has 0 saturated carbocycles. The highest BCUT2D eigenvalue weighted by molar-refractivity contribution is 7.92. The van der Waals surface area contributed by atoms with Gasteiger partial charge in [-0.2, -0.15) is 0 Å². The number of nitrogens with zero attached hydrogens (tertiary/aromatic N) is 2. The van der Waals surface area contributed by atoms with Gasteiger partial charge in [0.2, 0.25) is 0 Å². The topological polar surface area (TPSA) is 94.3 Å². The Morgan fingerprint density at radius 1 is 1.00 bits per heavy atom. The van der Waals surface area contributed by atoms with Crippen molar-refractivity contribution < 1.29 is 26.5 Å². The van der Waals surface area contributed by atoms with Crippen molar-refractivity contribution in [3.63, 3.8) is 0 Å². The zero-order valence-electron chi connectivity index (χ0n) is 19.8. The van der Waals surface area contributed by atoms with Crippen LogP contribution in [0, 0.1) is 11.6 Å². The van der Waals surface area contributed by atoms with Gasteiger partial charge in [0.15, 0.2) is 5.82 Å². The number of methoxy groups -OCH3 is 1. The second kappa shape index (κ2) is 9.62. The largest absolute Gasteiger partial charge is 0.496 e. The highest BCUT2D eigenvalue weighted by Gasteiger charge is 2.21. The van der Waals surface area contributed by atoms with Crippen LogP contribution in [0.15, 0.2) is 82.4 Å². The van der Waals surface area contributed by atoms with Gasteiger partial charge in [0, 0.05) is 28.3 Å². The number of pyridine rings is 1. The van der Waals surface area contributed by atoms with Crippen LogP contribution in [-0.4, -0.2) is 25.7 Å². The molecule has 0 aliphatic carbocycles. The number of aryl methyl sites for hydroxylation is 1. The van der Waals surface area contributed by atoms with E-state index in [9.17, 15) is 12.8 Å². The number of hydrogen-bond acceptors (Lipinski definition) is 6. The monoisotopic (exact) mass is 521 g/mol. The van der Waals surface area contributed by atoms with E-state index in [1.54, 1.807) is 18.2 Å². The van der Waals surface area contributed by atoms with Gasteiger partial charge in [-0.3, -0.25) is 9.71 Å². The molecule has 188 valence electrons. The average molecular weight is 522 g/mol. The molecule has 0 aliphatic rings. The van der Waals surface area contributed by atoms with Gasteiger partial charge in [-0.05, 0) is 59.8 Å². The van der Waals surface area contributed by atoms with Crippen molar-refractivity contribution in [1.82, 2.24) is 10.1 Å². The van der Waals surface area contributed by atoms with Crippen molar-refractivity contribution in [2.24, 2.45) is 0 Å². The second-order valence-electron chi connectivity index (χ2n) is 8.23. The van der Waals surface area contributed by atoms with Crippen molar-refractivity contribution in [2.45, 2.75) is 18.2 Å². The number of benzene rings is 3. The fraction of sp³-hybridized carbons (Fsp3) is 0.111. The molecular formula is C27H21F2N3O4S. The zero-order valence-corrected chi connectivity index (χ0v) is 20.6. The number of rotatable bonds is 7. The van der Waals surface area contributed by atoms with E-state index >= 15 is 4.39 Å². The Kier molecular flexibility index (Phi) is 6.34. The van der Waals surface area contributed by atoms with Crippen LogP contribution in [0.3, 0.4) is 0 Å². The summed E-state index contributed by atoms with van der Waals surface area (Å²) in [6.45, 7) is 1.91. The molecule has 0 saturated heterocycles. The van der Waals surface area contributed by atoms with Crippen molar-refractivity contribution >= 4 is 26.6 Å². The van der Waals surface area contributed by atoms with E-state index in [0.717, 1.165) is 0 Å². The Balaban J connectivity index is 1.66. The van der Waals surface area contributed by atoms with E-state index in [1.165, 1.54) is 61.9 Å². The van der Waals surface area contributed by atoms with Crippen LogP contribution in [-0.2, 0) is 16.4 Å². The maximum Gasteiger partial charge on any atom is 0.263 e. The summed E-state index contributed by atoms with van der Waals surface area (Å²) in [6, 6.07) is 16.2. The number of sulfonamides is 1. The van der Waals surface area contributed by atoms with E-state index in [2.05, 4.69) is 14.4 Å². The van der Waals surface area contributed by atoms with Crippen molar-refractivity contribution in [3.8, 4) is 28.1 Å². The molecule has 10 heteroatoms. The van der Waals surface area contributed by atoms with Crippen LogP contribution < -0.4 is 9.46 Å². The number of ether oxygens (including phenoxy) is 1. The zero-order chi connectivity index (χ0) is 26.2. The van der Waals surface area contributed by atoms with E-state index in [1.807, 2.05) is 6.92 Å². The van der Waals surface area contributed by atoms with Gasteiger partial charge in [-0.15, -0.1) is 0 Å². The predicted molar refractivity (Wildman–Crippen MR) is 136 cm³/mol. The number of nitrogens with one attached hydrogen (secondary N) is 1. The first-order chi connectivity index (χ1) is 17.8. The van der Waals surface area contributed by atoms with Crippen molar-refractivity contribution in [1.29, 1.82) is 0 Å². The first-order valence-electron chi connectivity index (χ1n) is 11.3. The minimum atomic E-state index is -3.94. The minimum absolute atomic E-state index is 0.0156. The molecule has 0 spiro atoms. The first-order valence-corrected chi connectivity index (χ1v) is 12.8. The Morgan fingerprint density at radius 3 is 2.54 bits per heavy atom. The molecule has 7 nitrogen and oxygen atoms in total. The molecule has 2 heterocycles. The van der Waals surface area contributed by atoms with Crippen LogP contribution in [0.2, 0.25) is 0 Å². The lowest BCUT2D eigenvalue weighted by Crippen LogP contribution is -2.13. The number of anilines is 1. The standard InChI is InChI=1S/C27H21F2N3O4S/c1-3-19-12-17-13-20(37(33,34)32-26-9-10-36-31-26)7-8-21(17)27(30-19)23-14-24(29)22(15-25(23)35-2)16-5-4-6-18(28)11-16/h4-15H,3H2,1-2H3,(H,31,32). The summed E-state index contributed by atoms with van der Waals surface area (Å²) in [6.07, 6.45) is 1.82. The quantitative estimate of drug-likeness (QED) is 0.274. The molecule has 5 aromatic rings. The van der Waals surface area contributed by atoms with E-state index in [4.69, 9.17) is 9.72 Å². The number of halogens is 2. The summed E-state index contributed by atoms with van der Waals surface area (Å²) in [5.74, 6) is -0.656.